The number of aliphatic hydroxyl groups is 1. The van der Waals surface area contributed by atoms with Crippen LogP contribution in [0.4, 0.5) is 4.39 Å². The molecule has 0 saturated heterocycles. The summed E-state index contributed by atoms with van der Waals surface area (Å²) in [6.07, 6.45) is 5.15. The van der Waals surface area contributed by atoms with E-state index in [0.717, 1.165) is 31.3 Å². The Labute approximate surface area is 73.3 Å². The molecule has 0 amide bonds. The molecule has 0 aromatic rings. The summed E-state index contributed by atoms with van der Waals surface area (Å²) in [5.74, 6) is 0.360. The fourth-order valence-corrected chi connectivity index (χ4v) is 1.86. The van der Waals surface area contributed by atoms with E-state index < -0.39 is 6.61 Å². The Morgan fingerprint density at radius 3 is 3.00 bits per heavy atom. The van der Waals surface area contributed by atoms with Crippen molar-refractivity contribution in [2.24, 2.45) is 5.92 Å². The smallest absolute Gasteiger partial charge is 0.125 e. The van der Waals surface area contributed by atoms with E-state index >= 15 is 0 Å². The summed E-state index contributed by atoms with van der Waals surface area (Å²) < 4.78 is 13.0. The van der Waals surface area contributed by atoms with Crippen molar-refractivity contribution in [2.45, 2.75) is 39.0 Å². The summed E-state index contributed by atoms with van der Waals surface area (Å²) in [5, 5.41) is 8.61. The lowest BCUT2D eigenvalue weighted by Crippen LogP contribution is -2.09. The van der Waals surface area contributed by atoms with Crippen LogP contribution in [-0.2, 0) is 0 Å². The summed E-state index contributed by atoms with van der Waals surface area (Å²) in [4.78, 5) is 0. The fourth-order valence-electron chi connectivity index (χ4n) is 1.86. The lowest BCUT2D eigenvalue weighted by Gasteiger charge is -2.23. The quantitative estimate of drug-likeness (QED) is 0.679. The Balaban J connectivity index is 2.56. The highest BCUT2D eigenvalue weighted by Gasteiger charge is 2.17. The molecule has 70 valence electrons. The van der Waals surface area contributed by atoms with Crippen molar-refractivity contribution in [2.75, 3.05) is 6.61 Å². The van der Waals surface area contributed by atoms with Gasteiger partial charge >= 0.3 is 0 Å². The molecular formula is C10H17FO. The molecule has 0 heterocycles. The third-order valence-electron chi connectivity index (χ3n) is 2.73. The van der Waals surface area contributed by atoms with E-state index in [1.54, 1.807) is 0 Å². The molecule has 1 rings (SSSR count). The van der Waals surface area contributed by atoms with E-state index in [-0.39, 0.29) is 5.83 Å². The summed E-state index contributed by atoms with van der Waals surface area (Å²) in [5.41, 5.74) is 0.857. The van der Waals surface area contributed by atoms with E-state index in [9.17, 15) is 4.39 Å². The Bertz CT molecular complexity index is 175. The van der Waals surface area contributed by atoms with Crippen molar-refractivity contribution < 1.29 is 9.50 Å². The zero-order chi connectivity index (χ0) is 8.97. The third kappa shape index (κ3) is 2.31. The van der Waals surface area contributed by atoms with E-state index in [0.29, 0.717) is 5.92 Å². The second-order valence-electron chi connectivity index (χ2n) is 3.54. The van der Waals surface area contributed by atoms with Crippen LogP contribution in [0, 0.1) is 5.92 Å². The van der Waals surface area contributed by atoms with E-state index in [4.69, 9.17) is 5.11 Å². The molecule has 1 aliphatic rings. The highest BCUT2D eigenvalue weighted by molar-refractivity contribution is 5.11. The predicted molar refractivity (Wildman–Crippen MR) is 47.5 cm³/mol. The van der Waals surface area contributed by atoms with Crippen LogP contribution in [-0.4, -0.2) is 11.7 Å². The van der Waals surface area contributed by atoms with Crippen molar-refractivity contribution in [3.05, 3.63) is 11.4 Å². The minimum absolute atomic E-state index is 0.284. The number of allylic oxidation sites excluding steroid dienone is 1. The van der Waals surface area contributed by atoms with Gasteiger partial charge in [0, 0.05) is 0 Å². The fraction of sp³-hybridized carbons (Fsp3) is 0.800. The Hall–Kier alpha value is -0.370. The molecule has 1 unspecified atom stereocenters. The first-order valence-electron chi connectivity index (χ1n) is 4.75. The van der Waals surface area contributed by atoms with Gasteiger partial charge in [0.25, 0.3) is 0 Å². The molecule has 0 bridgehead atoms. The summed E-state index contributed by atoms with van der Waals surface area (Å²) in [6.45, 7) is 1.73. The first kappa shape index (κ1) is 9.72. The molecule has 12 heavy (non-hydrogen) atoms. The van der Waals surface area contributed by atoms with Gasteiger partial charge in [-0.1, -0.05) is 13.3 Å². The summed E-state index contributed by atoms with van der Waals surface area (Å²) in [6, 6.07) is 0. The van der Waals surface area contributed by atoms with Gasteiger partial charge in [-0.25, -0.2) is 4.39 Å². The van der Waals surface area contributed by atoms with Crippen LogP contribution in [0.25, 0.3) is 0 Å². The van der Waals surface area contributed by atoms with E-state index in [2.05, 4.69) is 6.92 Å². The Morgan fingerprint density at radius 2 is 2.42 bits per heavy atom. The van der Waals surface area contributed by atoms with E-state index in [1.807, 2.05) is 0 Å². The molecule has 0 aromatic heterocycles. The van der Waals surface area contributed by atoms with Crippen LogP contribution in [0.2, 0.25) is 0 Å². The number of hydrogen-bond acceptors (Lipinski definition) is 1. The Morgan fingerprint density at radius 1 is 1.67 bits per heavy atom. The molecule has 1 fully saturated rings. The zero-order valence-corrected chi connectivity index (χ0v) is 7.65. The molecule has 1 aliphatic carbocycles. The topological polar surface area (TPSA) is 20.2 Å². The second kappa shape index (κ2) is 4.61. The zero-order valence-electron chi connectivity index (χ0n) is 7.65. The van der Waals surface area contributed by atoms with Crippen molar-refractivity contribution in [3.63, 3.8) is 0 Å². The van der Waals surface area contributed by atoms with Gasteiger partial charge < -0.3 is 5.11 Å². The van der Waals surface area contributed by atoms with E-state index in [1.165, 1.54) is 6.42 Å². The maximum absolute atomic E-state index is 13.0. The van der Waals surface area contributed by atoms with Gasteiger partial charge in [-0.3, -0.25) is 0 Å². The standard InChI is InChI=1S/C10H17FO/c1-2-8-4-3-5-9(6-8)10(11)7-12/h8,12H,2-7H2,1H3/b10-9-. The maximum Gasteiger partial charge on any atom is 0.125 e. The predicted octanol–water partition coefficient (Wildman–Crippen LogP) is 2.80. The van der Waals surface area contributed by atoms with Crippen molar-refractivity contribution in [1.29, 1.82) is 0 Å². The maximum atomic E-state index is 13.0. The van der Waals surface area contributed by atoms with Gasteiger partial charge in [-0.2, -0.15) is 0 Å². The second-order valence-corrected chi connectivity index (χ2v) is 3.54. The largest absolute Gasteiger partial charge is 0.389 e. The minimum atomic E-state index is -0.411. The van der Waals surface area contributed by atoms with Gasteiger partial charge in [0.1, 0.15) is 5.83 Å². The number of halogens is 1. The summed E-state index contributed by atoms with van der Waals surface area (Å²) in [7, 11) is 0. The lowest BCUT2D eigenvalue weighted by molar-refractivity contribution is 0.288. The third-order valence-corrected chi connectivity index (χ3v) is 2.73. The van der Waals surface area contributed by atoms with Crippen molar-refractivity contribution >= 4 is 0 Å². The highest BCUT2D eigenvalue weighted by Crippen LogP contribution is 2.32. The van der Waals surface area contributed by atoms with Gasteiger partial charge in [0.15, 0.2) is 0 Å². The van der Waals surface area contributed by atoms with Crippen LogP contribution in [0.3, 0.4) is 0 Å². The molecule has 0 aliphatic heterocycles. The minimum Gasteiger partial charge on any atom is -0.389 e. The van der Waals surface area contributed by atoms with Gasteiger partial charge in [-0.05, 0) is 37.2 Å². The van der Waals surface area contributed by atoms with Crippen molar-refractivity contribution in [1.82, 2.24) is 0 Å². The first-order valence-corrected chi connectivity index (χ1v) is 4.75. The number of rotatable bonds is 2. The van der Waals surface area contributed by atoms with Crippen LogP contribution in [0.1, 0.15) is 39.0 Å². The molecule has 1 N–H and O–H groups in total. The van der Waals surface area contributed by atoms with Crippen LogP contribution in [0.15, 0.2) is 11.4 Å². The monoisotopic (exact) mass is 172 g/mol. The molecule has 1 atom stereocenters. The SMILES string of the molecule is CCC1CCC/C(=C(/F)CO)C1. The van der Waals surface area contributed by atoms with Crippen molar-refractivity contribution in [3.8, 4) is 0 Å². The summed E-state index contributed by atoms with van der Waals surface area (Å²) >= 11 is 0. The average molecular weight is 172 g/mol. The highest BCUT2D eigenvalue weighted by atomic mass is 19.1. The number of aliphatic hydroxyl groups excluding tert-OH is 1. The lowest BCUT2D eigenvalue weighted by atomic mass is 9.84. The molecule has 0 radical (unpaired) electrons. The molecule has 1 saturated carbocycles. The van der Waals surface area contributed by atoms with Gasteiger partial charge in [0.2, 0.25) is 0 Å². The van der Waals surface area contributed by atoms with Crippen LogP contribution >= 0.6 is 0 Å². The molecule has 2 heteroatoms. The number of hydrogen-bond donors (Lipinski definition) is 1. The molecule has 1 nitrogen and oxygen atoms in total. The average Bonchev–Trinajstić information content (AvgIpc) is 2.17. The molecule has 0 aromatic carbocycles. The Kier molecular flexibility index (Phi) is 3.73. The van der Waals surface area contributed by atoms with Crippen LogP contribution < -0.4 is 0 Å². The molecular weight excluding hydrogens is 155 g/mol. The van der Waals surface area contributed by atoms with Crippen LogP contribution in [0.5, 0.6) is 0 Å². The molecule has 0 spiro atoms. The van der Waals surface area contributed by atoms with Gasteiger partial charge in [-0.15, -0.1) is 0 Å². The van der Waals surface area contributed by atoms with Gasteiger partial charge in [0.05, 0.1) is 6.61 Å². The first-order chi connectivity index (χ1) is 5.77. The normalized spacial score (nSPS) is 28.8.